The normalized spacial score (nSPS) is 18.1. The second-order valence-corrected chi connectivity index (χ2v) is 6.00. The van der Waals surface area contributed by atoms with Gasteiger partial charge in [-0.1, -0.05) is 13.8 Å². The van der Waals surface area contributed by atoms with E-state index in [0.29, 0.717) is 17.5 Å². The maximum atomic E-state index is 12.3. The maximum Gasteiger partial charge on any atom is 0.335 e. The van der Waals surface area contributed by atoms with Crippen LogP contribution in [-0.4, -0.2) is 35.1 Å². The summed E-state index contributed by atoms with van der Waals surface area (Å²) in [4.78, 5) is 25.0. The molecule has 0 aliphatic carbocycles. The molecular formula is C16H22N2O3. The van der Waals surface area contributed by atoms with E-state index in [2.05, 4.69) is 19.2 Å². The van der Waals surface area contributed by atoms with Crippen LogP contribution in [0.1, 0.15) is 36.2 Å². The lowest BCUT2D eigenvalue weighted by Gasteiger charge is -2.19. The van der Waals surface area contributed by atoms with E-state index in [4.69, 9.17) is 5.11 Å². The molecule has 1 aromatic carbocycles. The zero-order valence-electron chi connectivity index (χ0n) is 12.7. The first kappa shape index (κ1) is 15.4. The molecule has 1 saturated heterocycles. The fraction of sp³-hybridized carbons (Fsp3) is 0.500. The highest BCUT2D eigenvalue weighted by atomic mass is 16.4. The van der Waals surface area contributed by atoms with E-state index in [0.717, 1.165) is 25.1 Å². The van der Waals surface area contributed by atoms with Gasteiger partial charge < -0.3 is 15.3 Å². The van der Waals surface area contributed by atoms with E-state index in [9.17, 15) is 9.59 Å². The number of hydrogen-bond donors (Lipinski definition) is 2. The molecule has 1 heterocycles. The number of aromatic carboxylic acids is 1. The first-order valence-electron chi connectivity index (χ1n) is 7.28. The molecule has 0 bridgehead atoms. The third-order valence-corrected chi connectivity index (χ3v) is 4.17. The SMILES string of the molecule is Cc1cc(C(=O)O)ccc1NC(=O)N1CCC(C(C)C)C1. The molecule has 0 aromatic heterocycles. The number of nitrogens with zero attached hydrogens (tertiary/aromatic N) is 1. The van der Waals surface area contributed by atoms with E-state index in [1.807, 2.05) is 4.90 Å². The highest BCUT2D eigenvalue weighted by Gasteiger charge is 2.28. The first-order valence-corrected chi connectivity index (χ1v) is 7.28. The Balaban J connectivity index is 2.02. The van der Waals surface area contributed by atoms with Crippen molar-refractivity contribution in [2.24, 2.45) is 11.8 Å². The highest BCUT2D eigenvalue weighted by molar-refractivity contribution is 5.92. The quantitative estimate of drug-likeness (QED) is 0.898. The number of urea groups is 1. The van der Waals surface area contributed by atoms with Gasteiger partial charge in [-0.3, -0.25) is 0 Å². The number of hydrogen-bond acceptors (Lipinski definition) is 2. The number of nitrogens with one attached hydrogen (secondary N) is 1. The van der Waals surface area contributed by atoms with Crippen molar-refractivity contribution in [2.75, 3.05) is 18.4 Å². The summed E-state index contributed by atoms with van der Waals surface area (Å²) in [7, 11) is 0. The minimum absolute atomic E-state index is 0.107. The lowest BCUT2D eigenvalue weighted by Crippen LogP contribution is -2.33. The Morgan fingerprint density at radius 2 is 2.10 bits per heavy atom. The van der Waals surface area contributed by atoms with Crippen LogP contribution in [0.15, 0.2) is 18.2 Å². The monoisotopic (exact) mass is 290 g/mol. The standard InChI is InChI=1S/C16H22N2O3/c1-10(2)13-6-7-18(9-13)16(21)17-14-5-4-12(15(19)20)8-11(14)3/h4-5,8,10,13H,6-7,9H2,1-3H3,(H,17,21)(H,19,20). The average Bonchev–Trinajstić information content (AvgIpc) is 2.90. The summed E-state index contributed by atoms with van der Waals surface area (Å²) in [6.07, 6.45) is 1.04. The van der Waals surface area contributed by atoms with Crippen molar-refractivity contribution >= 4 is 17.7 Å². The maximum absolute atomic E-state index is 12.3. The van der Waals surface area contributed by atoms with Crippen LogP contribution in [0.25, 0.3) is 0 Å². The van der Waals surface area contributed by atoms with Crippen molar-refractivity contribution in [1.82, 2.24) is 4.90 Å². The number of carbonyl (C=O) groups is 2. The second kappa shape index (κ2) is 6.16. The zero-order valence-corrected chi connectivity index (χ0v) is 12.7. The summed E-state index contributed by atoms with van der Waals surface area (Å²) in [5.74, 6) is 0.181. The van der Waals surface area contributed by atoms with Crippen LogP contribution in [-0.2, 0) is 0 Å². The summed E-state index contributed by atoms with van der Waals surface area (Å²) in [5, 5.41) is 11.8. The van der Waals surface area contributed by atoms with E-state index in [1.54, 1.807) is 19.1 Å². The van der Waals surface area contributed by atoms with Crippen LogP contribution >= 0.6 is 0 Å². The molecule has 1 fully saturated rings. The predicted octanol–water partition coefficient (Wildman–Crippen LogP) is 3.20. The van der Waals surface area contributed by atoms with Crippen LogP contribution < -0.4 is 5.32 Å². The van der Waals surface area contributed by atoms with Gasteiger partial charge in [0.1, 0.15) is 0 Å². The number of amides is 2. The molecule has 0 radical (unpaired) electrons. The molecule has 1 unspecified atom stereocenters. The molecule has 1 aliphatic rings. The molecule has 5 nitrogen and oxygen atoms in total. The molecule has 21 heavy (non-hydrogen) atoms. The van der Waals surface area contributed by atoms with Gasteiger partial charge in [0.05, 0.1) is 5.56 Å². The van der Waals surface area contributed by atoms with Crippen LogP contribution in [0.4, 0.5) is 10.5 Å². The minimum atomic E-state index is -0.963. The number of likely N-dealkylation sites (tertiary alicyclic amines) is 1. The molecule has 2 rings (SSSR count). The van der Waals surface area contributed by atoms with Crippen molar-refractivity contribution in [3.8, 4) is 0 Å². The van der Waals surface area contributed by atoms with Gasteiger partial charge in [-0.05, 0) is 48.9 Å². The molecule has 0 saturated carbocycles. The van der Waals surface area contributed by atoms with Gasteiger partial charge in [0.25, 0.3) is 0 Å². The topological polar surface area (TPSA) is 69.6 Å². The third kappa shape index (κ3) is 3.54. The Kier molecular flexibility index (Phi) is 4.50. The van der Waals surface area contributed by atoms with Crippen LogP contribution in [0.3, 0.4) is 0 Å². The van der Waals surface area contributed by atoms with Crippen molar-refractivity contribution in [2.45, 2.75) is 27.2 Å². The lowest BCUT2D eigenvalue weighted by molar-refractivity contribution is 0.0697. The first-order chi connectivity index (χ1) is 9.88. The van der Waals surface area contributed by atoms with Crippen LogP contribution in [0.5, 0.6) is 0 Å². The lowest BCUT2D eigenvalue weighted by atomic mass is 9.95. The second-order valence-electron chi connectivity index (χ2n) is 6.00. The Labute approximate surface area is 125 Å². The number of carboxylic acid groups (broad SMARTS) is 1. The summed E-state index contributed by atoms with van der Waals surface area (Å²) >= 11 is 0. The Morgan fingerprint density at radius 1 is 1.38 bits per heavy atom. The molecule has 1 aromatic rings. The molecule has 0 spiro atoms. The molecule has 1 atom stereocenters. The van der Waals surface area contributed by atoms with Gasteiger partial charge in [-0.25, -0.2) is 9.59 Å². The number of benzene rings is 1. The number of rotatable bonds is 3. The smallest absolute Gasteiger partial charge is 0.335 e. The van der Waals surface area contributed by atoms with E-state index in [-0.39, 0.29) is 11.6 Å². The fourth-order valence-electron chi connectivity index (χ4n) is 2.65. The molecule has 1 aliphatic heterocycles. The fourth-order valence-corrected chi connectivity index (χ4v) is 2.65. The largest absolute Gasteiger partial charge is 0.478 e. The molecule has 5 heteroatoms. The van der Waals surface area contributed by atoms with Crippen LogP contribution in [0.2, 0.25) is 0 Å². The molecule has 114 valence electrons. The van der Waals surface area contributed by atoms with Gasteiger partial charge >= 0.3 is 12.0 Å². The van der Waals surface area contributed by atoms with Gasteiger partial charge in [-0.2, -0.15) is 0 Å². The zero-order chi connectivity index (χ0) is 15.6. The number of carbonyl (C=O) groups excluding carboxylic acids is 1. The summed E-state index contributed by atoms with van der Waals surface area (Å²) in [5.41, 5.74) is 1.65. The van der Waals surface area contributed by atoms with Crippen LogP contribution in [0, 0.1) is 18.8 Å². The van der Waals surface area contributed by atoms with Crippen molar-refractivity contribution in [3.63, 3.8) is 0 Å². The number of carboxylic acids is 1. The van der Waals surface area contributed by atoms with Crippen molar-refractivity contribution in [3.05, 3.63) is 29.3 Å². The number of anilines is 1. The minimum Gasteiger partial charge on any atom is -0.478 e. The van der Waals surface area contributed by atoms with Crippen molar-refractivity contribution in [1.29, 1.82) is 0 Å². The molecular weight excluding hydrogens is 268 g/mol. The van der Waals surface area contributed by atoms with Gasteiger partial charge in [-0.15, -0.1) is 0 Å². The van der Waals surface area contributed by atoms with Gasteiger partial charge in [0, 0.05) is 18.8 Å². The number of aryl methyl sites for hydroxylation is 1. The van der Waals surface area contributed by atoms with E-state index >= 15 is 0 Å². The molecule has 2 amide bonds. The average molecular weight is 290 g/mol. The summed E-state index contributed by atoms with van der Waals surface area (Å²) < 4.78 is 0. The predicted molar refractivity (Wildman–Crippen MR) is 81.7 cm³/mol. The molecule has 2 N–H and O–H groups in total. The van der Waals surface area contributed by atoms with E-state index < -0.39 is 5.97 Å². The van der Waals surface area contributed by atoms with Gasteiger partial charge in [0.2, 0.25) is 0 Å². The van der Waals surface area contributed by atoms with Crippen molar-refractivity contribution < 1.29 is 14.7 Å². The summed E-state index contributed by atoms with van der Waals surface area (Å²) in [6.45, 7) is 7.72. The Bertz CT molecular complexity index is 554. The Hall–Kier alpha value is -2.04. The van der Waals surface area contributed by atoms with Gasteiger partial charge in [0.15, 0.2) is 0 Å². The van der Waals surface area contributed by atoms with E-state index in [1.165, 1.54) is 6.07 Å². The third-order valence-electron chi connectivity index (χ3n) is 4.17. The summed E-state index contributed by atoms with van der Waals surface area (Å²) in [6, 6.07) is 4.61. The highest BCUT2D eigenvalue weighted by Crippen LogP contribution is 2.25. The Morgan fingerprint density at radius 3 is 2.62 bits per heavy atom.